The Labute approximate surface area is 322 Å². The maximum absolute atomic E-state index is 14.9. The summed E-state index contributed by atoms with van der Waals surface area (Å²) >= 11 is 6.03. The van der Waals surface area contributed by atoms with Crippen LogP contribution in [0, 0.1) is 24.4 Å². The highest BCUT2D eigenvalue weighted by Crippen LogP contribution is 2.47. The van der Waals surface area contributed by atoms with E-state index in [0.717, 1.165) is 57.9 Å². The first-order valence-corrected chi connectivity index (χ1v) is 18.2. The lowest BCUT2D eigenvalue weighted by molar-refractivity contribution is 0.528. The molecule has 0 fully saturated rings. The molecule has 2 aliphatic rings. The van der Waals surface area contributed by atoms with E-state index in [1.54, 1.807) is 37.3 Å². The van der Waals surface area contributed by atoms with Gasteiger partial charge in [-0.3, -0.25) is 0 Å². The summed E-state index contributed by atoms with van der Waals surface area (Å²) in [7, 11) is 3.65. The summed E-state index contributed by atoms with van der Waals surface area (Å²) in [6, 6.07) is 17.8. The van der Waals surface area contributed by atoms with Gasteiger partial charge in [-0.25, -0.2) is 33.1 Å². The molecule has 0 bridgehead atoms. The molecule has 3 aromatic heterocycles. The summed E-state index contributed by atoms with van der Waals surface area (Å²) in [6.45, 7) is 11.7. The lowest BCUT2D eigenvalue weighted by atomic mass is 9.88. The second kappa shape index (κ2) is 14.5. The van der Waals surface area contributed by atoms with Gasteiger partial charge in [0.1, 0.15) is 46.5 Å². The number of oxazole rings is 1. The summed E-state index contributed by atoms with van der Waals surface area (Å²) in [5, 5.41) is 6.48. The van der Waals surface area contributed by atoms with E-state index in [1.807, 2.05) is 25.1 Å². The molecule has 0 radical (unpaired) electrons. The molecule has 5 heterocycles. The van der Waals surface area contributed by atoms with Gasteiger partial charge in [0.05, 0.1) is 11.8 Å². The molecule has 284 valence electrons. The average molecular weight is 768 g/mol. The van der Waals surface area contributed by atoms with Crippen molar-refractivity contribution in [1.29, 1.82) is 0 Å². The number of rotatable bonds is 7. The number of hydrogen-bond donors (Lipinski definition) is 2. The Morgan fingerprint density at radius 3 is 1.75 bits per heavy atom. The molecule has 55 heavy (non-hydrogen) atoms. The minimum Gasteiger partial charge on any atom is -0.441 e. The largest absolute Gasteiger partial charge is 0.441 e. The average Bonchev–Trinajstić information content (AvgIpc) is 3.78. The maximum Gasteiger partial charge on any atom is 0.226 e. The Kier molecular flexibility index (Phi) is 9.93. The molecule has 0 aliphatic carbocycles. The number of aryl methyl sites for hydroxylation is 1. The number of fused-ring (bicyclic) bond motifs is 2. The quantitative estimate of drug-likeness (QED) is 0.153. The van der Waals surface area contributed by atoms with Crippen LogP contribution < -0.4 is 20.4 Å². The van der Waals surface area contributed by atoms with Gasteiger partial charge in [0.15, 0.2) is 11.7 Å². The molecule has 2 aliphatic heterocycles. The van der Waals surface area contributed by atoms with Crippen LogP contribution >= 0.6 is 11.6 Å². The van der Waals surface area contributed by atoms with E-state index < -0.39 is 5.82 Å². The number of anilines is 6. The summed E-state index contributed by atoms with van der Waals surface area (Å²) in [4.78, 5) is 26.4. The summed E-state index contributed by atoms with van der Waals surface area (Å²) < 4.78 is 47.0. The molecule has 8 rings (SSSR count). The monoisotopic (exact) mass is 767 g/mol. The van der Waals surface area contributed by atoms with E-state index in [1.165, 1.54) is 36.5 Å². The van der Waals surface area contributed by atoms with Gasteiger partial charge in [-0.15, -0.1) is 0 Å². The standard InChI is InChI=1S/C26H25F2N5O.C15H16ClFN4/c1-15-30-13-21(34-15)19-10-5-16(11-20(19)28)12-22-31-24(29-4)23-25(32-22)33(14-26(23,2)3)18-8-6-17(27)7-9-18;1-15(2)8-21(10-6-4-9(17)5-7-10)13-11(15)12(18-3)19-14(16)20-13/h5-11,13H,12,14H2,1-4H3,(H,29,31,32);4-7H,8H2,1-3H3,(H,18,19,20). The van der Waals surface area contributed by atoms with E-state index in [2.05, 4.69) is 58.2 Å². The highest BCUT2D eigenvalue weighted by molar-refractivity contribution is 6.28. The predicted octanol–water partition coefficient (Wildman–Crippen LogP) is 9.52. The van der Waals surface area contributed by atoms with Crippen LogP contribution in [0.3, 0.4) is 0 Å². The lowest BCUT2D eigenvalue weighted by Gasteiger charge is -2.21. The van der Waals surface area contributed by atoms with E-state index in [4.69, 9.17) is 26.0 Å². The summed E-state index contributed by atoms with van der Waals surface area (Å²) in [6.07, 6.45) is 1.87. The predicted molar refractivity (Wildman–Crippen MR) is 210 cm³/mol. The van der Waals surface area contributed by atoms with Crippen LogP contribution in [0.1, 0.15) is 56.1 Å². The Morgan fingerprint density at radius 1 is 0.727 bits per heavy atom. The Hall–Kier alpha value is -5.69. The fourth-order valence-electron chi connectivity index (χ4n) is 7.30. The molecule has 0 amide bonds. The van der Waals surface area contributed by atoms with Crippen LogP contribution in [0.4, 0.5) is 47.8 Å². The van der Waals surface area contributed by atoms with Crippen LogP contribution in [0.15, 0.2) is 77.3 Å². The number of benzene rings is 3. The second-order valence-corrected chi connectivity index (χ2v) is 15.2. The molecular formula is C41H41ClF3N9O. The maximum atomic E-state index is 14.9. The molecule has 2 N–H and O–H groups in total. The summed E-state index contributed by atoms with van der Waals surface area (Å²) in [5.41, 5.74) is 4.53. The molecular weight excluding hydrogens is 727 g/mol. The fraction of sp³-hybridized carbons (Fsp3) is 0.293. The summed E-state index contributed by atoms with van der Waals surface area (Å²) in [5.74, 6) is 3.54. The Balaban J connectivity index is 0.000000190. The zero-order chi connectivity index (χ0) is 39.2. The first kappa shape index (κ1) is 37.6. The minimum atomic E-state index is -0.391. The number of halogens is 4. The van der Waals surface area contributed by atoms with Crippen LogP contribution in [0.2, 0.25) is 5.28 Å². The van der Waals surface area contributed by atoms with Gasteiger partial charge < -0.3 is 24.9 Å². The highest BCUT2D eigenvalue weighted by atomic mass is 35.5. The van der Waals surface area contributed by atoms with Crippen LogP contribution in [0.25, 0.3) is 11.3 Å². The van der Waals surface area contributed by atoms with Gasteiger partial charge in [0, 0.05) is 73.9 Å². The van der Waals surface area contributed by atoms with Crippen molar-refractivity contribution in [1.82, 2.24) is 24.9 Å². The number of nitrogens with one attached hydrogen (secondary N) is 2. The van der Waals surface area contributed by atoms with Crippen LogP contribution in [-0.4, -0.2) is 52.1 Å². The van der Waals surface area contributed by atoms with Gasteiger partial charge in [-0.2, -0.15) is 4.98 Å². The molecule has 0 saturated heterocycles. The highest BCUT2D eigenvalue weighted by Gasteiger charge is 2.41. The van der Waals surface area contributed by atoms with Gasteiger partial charge in [0.25, 0.3) is 0 Å². The third kappa shape index (κ3) is 7.40. The fourth-order valence-corrected chi connectivity index (χ4v) is 7.46. The first-order valence-electron chi connectivity index (χ1n) is 17.8. The first-order chi connectivity index (χ1) is 26.2. The zero-order valence-corrected chi connectivity index (χ0v) is 32.4. The molecule has 10 nitrogen and oxygen atoms in total. The van der Waals surface area contributed by atoms with Crippen LogP contribution in [0.5, 0.6) is 0 Å². The molecule has 14 heteroatoms. The number of nitrogens with zero attached hydrogens (tertiary/aromatic N) is 7. The second-order valence-electron chi connectivity index (χ2n) is 14.9. The van der Waals surface area contributed by atoms with Crippen molar-refractivity contribution in [2.75, 3.05) is 47.6 Å². The minimum absolute atomic E-state index is 0.132. The van der Waals surface area contributed by atoms with Gasteiger partial charge >= 0.3 is 0 Å². The van der Waals surface area contributed by atoms with Crippen molar-refractivity contribution < 1.29 is 17.6 Å². The van der Waals surface area contributed by atoms with Crippen LogP contribution in [-0.2, 0) is 17.3 Å². The molecule has 0 atom stereocenters. The van der Waals surface area contributed by atoms with Gasteiger partial charge in [-0.05, 0) is 77.8 Å². The number of aromatic nitrogens is 5. The molecule has 0 unspecified atom stereocenters. The third-order valence-electron chi connectivity index (χ3n) is 9.80. The van der Waals surface area contributed by atoms with E-state index in [-0.39, 0.29) is 27.7 Å². The van der Waals surface area contributed by atoms with Gasteiger partial charge in [-0.1, -0.05) is 33.8 Å². The van der Waals surface area contributed by atoms with Crippen molar-refractivity contribution in [2.45, 2.75) is 51.9 Å². The SMILES string of the molecule is CNc1nc(Cc2ccc(-c3cnc(C)o3)c(F)c2)nc2c1C(C)(C)CN2c1ccc(F)cc1.CNc1nc(Cl)nc2c1C(C)(C)CN2c1ccc(F)cc1. The lowest BCUT2D eigenvalue weighted by Crippen LogP contribution is -2.25. The Morgan fingerprint density at radius 2 is 1.25 bits per heavy atom. The normalized spacial score (nSPS) is 15.0. The smallest absolute Gasteiger partial charge is 0.226 e. The van der Waals surface area contributed by atoms with Crippen molar-refractivity contribution in [2.24, 2.45) is 0 Å². The Bertz CT molecular complexity index is 2370. The number of hydrogen-bond acceptors (Lipinski definition) is 10. The van der Waals surface area contributed by atoms with E-state index in [0.29, 0.717) is 36.0 Å². The van der Waals surface area contributed by atoms with Crippen molar-refractivity contribution in [3.63, 3.8) is 0 Å². The molecule has 0 spiro atoms. The van der Waals surface area contributed by atoms with E-state index in [9.17, 15) is 13.2 Å². The molecule has 3 aromatic carbocycles. The third-order valence-corrected chi connectivity index (χ3v) is 9.97. The van der Waals surface area contributed by atoms with Crippen molar-refractivity contribution in [3.05, 3.63) is 124 Å². The topological polar surface area (TPSA) is 108 Å². The molecule has 0 saturated carbocycles. The van der Waals surface area contributed by atoms with Crippen molar-refractivity contribution in [3.8, 4) is 11.3 Å². The zero-order valence-electron chi connectivity index (χ0n) is 31.6. The van der Waals surface area contributed by atoms with Crippen molar-refractivity contribution >= 4 is 46.2 Å². The van der Waals surface area contributed by atoms with E-state index >= 15 is 0 Å². The van der Waals surface area contributed by atoms with Gasteiger partial charge in [0.2, 0.25) is 5.28 Å². The molecule has 6 aromatic rings.